The number of alkyl halides is 3. The number of fused-ring (bicyclic) bond motifs is 3. The van der Waals surface area contributed by atoms with Crippen molar-refractivity contribution in [1.29, 1.82) is 0 Å². The van der Waals surface area contributed by atoms with Gasteiger partial charge in [-0.05, 0) is 43.3 Å². The summed E-state index contributed by atoms with van der Waals surface area (Å²) in [7, 11) is 0. The van der Waals surface area contributed by atoms with Gasteiger partial charge in [-0.1, -0.05) is 12.1 Å². The Bertz CT molecular complexity index is 1050. The smallest absolute Gasteiger partial charge is 0.406 e. The zero-order valence-electron chi connectivity index (χ0n) is 16.4. The number of para-hydroxylation sites is 1. The molecule has 0 saturated carbocycles. The van der Waals surface area contributed by atoms with E-state index in [0.29, 0.717) is 11.3 Å². The highest BCUT2D eigenvalue weighted by atomic mass is 19.4. The van der Waals surface area contributed by atoms with E-state index in [9.17, 15) is 27.6 Å². The standard InChI is InChI=1S/C21H18F3N3O4/c1-2-26-18(29)15-5-3-4-6-16(15)27-17(28)11-12-20(26,27)19(30)25-13-7-9-14(10-8-13)31-21(22,23)24/h3-10H,2,11-12H2,1H3,(H,25,30)/t20-/m0/s1. The summed E-state index contributed by atoms with van der Waals surface area (Å²) in [5, 5.41) is 2.64. The molecule has 7 nitrogen and oxygen atoms in total. The van der Waals surface area contributed by atoms with Crippen LogP contribution < -0.4 is 15.0 Å². The predicted octanol–water partition coefficient (Wildman–Crippen LogP) is 3.52. The summed E-state index contributed by atoms with van der Waals surface area (Å²) >= 11 is 0. The van der Waals surface area contributed by atoms with Gasteiger partial charge in [-0.3, -0.25) is 19.3 Å². The second kappa shape index (κ2) is 7.29. The van der Waals surface area contributed by atoms with E-state index < -0.39 is 23.7 Å². The first-order valence-corrected chi connectivity index (χ1v) is 9.58. The number of hydrogen-bond donors (Lipinski definition) is 1. The molecule has 1 saturated heterocycles. The molecular weight excluding hydrogens is 415 g/mol. The van der Waals surface area contributed by atoms with Crippen molar-refractivity contribution >= 4 is 29.1 Å². The van der Waals surface area contributed by atoms with E-state index >= 15 is 0 Å². The van der Waals surface area contributed by atoms with Crippen LogP contribution >= 0.6 is 0 Å². The molecule has 1 N–H and O–H groups in total. The molecule has 1 atom stereocenters. The van der Waals surface area contributed by atoms with Crippen LogP contribution in [-0.4, -0.2) is 41.2 Å². The molecule has 0 aliphatic carbocycles. The molecule has 0 spiro atoms. The number of anilines is 2. The first kappa shape index (κ1) is 20.7. The number of carbonyl (C=O) groups is 3. The Kier molecular flexibility index (Phi) is 4.87. The molecule has 3 amide bonds. The zero-order valence-corrected chi connectivity index (χ0v) is 16.4. The number of amides is 3. The fourth-order valence-corrected chi connectivity index (χ4v) is 4.18. The van der Waals surface area contributed by atoms with Crippen LogP contribution in [0.5, 0.6) is 5.75 Å². The fraction of sp³-hybridized carbons (Fsp3) is 0.286. The molecular formula is C21H18F3N3O4. The van der Waals surface area contributed by atoms with E-state index in [0.717, 1.165) is 12.1 Å². The van der Waals surface area contributed by atoms with Gasteiger partial charge in [0, 0.05) is 25.1 Å². The maximum Gasteiger partial charge on any atom is 0.573 e. The first-order chi connectivity index (χ1) is 14.7. The van der Waals surface area contributed by atoms with Crippen molar-refractivity contribution < 1.29 is 32.3 Å². The number of halogens is 3. The highest BCUT2D eigenvalue weighted by molar-refractivity contribution is 6.18. The topological polar surface area (TPSA) is 79.0 Å². The monoisotopic (exact) mass is 433 g/mol. The summed E-state index contributed by atoms with van der Waals surface area (Å²) in [5.74, 6) is -1.71. The van der Waals surface area contributed by atoms with Crippen LogP contribution in [0.4, 0.5) is 24.5 Å². The van der Waals surface area contributed by atoms with E-state index in [1.165, 1.54) is 21.9 Å². The Labute approximate surface area is 175 Å². The molecule has 2 aliphatic heterocycles. The quantitative estimate of drug-likeness (QED) is 0.800. The molecule has 2 aromatic rings. The molecule has 1 fully saturated rings. The largest absolute Gasteiger partial charge is 0.573 e. The molecule has 0 bridgehead atoms. The van der Waals surface area contributed by atoms with E-state index in [1.54, 1.807) is 31.2 Å². The van der Waals surface area contributed by atoms with Crippen LogP contribution in [0.25, 0.3) is 0 Å². The van der Waals surface area contributed by atoms with Crippen LogP contribution in [0, 0.1) is 0 Å². The van der Waals surface area contributed by atoms with Crippen molar-refractivity contribution in [2.75, 3.05) is 16.8 Å². The van der Waals surface area contributed by atoms with Gasteiger partial charge in [-0.2, -0.15) is 0 Å². The molecule has 0 radical (unpaired) electrons. The summed E-state index contributed by atoms with van der Waals surface area (Å²) in [5.41, 5.74) is -0.658. The Morgan fingerprint density at radius 3 is 2.45 bits per heavy atom. The van der Waals surface area contributed by atoms with Crippen LogP contribution in [0.1, 0.15) is 30.1 Å². The molecule has 0 unspecified atom stereocenters. The summed E-state index contributed by atoms with van der Waals surface area (Å²) < 4.78 is 40.9. The average molecular weight is 433 g/mol. The van der Waals surface area contributed by atoms with E-state index in [2.05, 4.69) is 10.1 Å². The number of likely N-dealkylation sites (N-methyl/N-ethyl adjacent to an activating group) is 1. The Morgan fingerprint density at radius 2 is 1.81 bits per heavy atom. The molecule has 10 heteroatoms. The Hall–Kier alpha value is -3.56. The highest BCUT2D eigenvalue weighted by Crippen LogP contribution is 2.44. The fourth-order valence-electron chi connectivity index (χ4n) is 4.18. The summed E-state index contributed by atoms with van der Waals surface area (Å²) in [6.45, 7) is 1.90. The highest BCUT2D eigenvalue weighted by Gasteiger charge is 2.60. The molecule has 2 heterocycles. The van der Waals surface area contributed by atoms with Crippen molar-refractivity contribution in [3.05, 3.63) is 54.1 Å². The maximum atomic E-state index is 13.4. The molecule has 162 valence electrons. The number of ether oxygens (including phenoxy) is 1. The van der Waals surface area contributed by atoms with Crippen LogP contribution in [0.2, 0.25) is 0 Å². The Balaban J connectivity index is 1.69. The first-order valence-electron chi connectivity index (χ1n) is 9.58. The van der Waals surface area contributed by atoms with Crippen molar-refractivity contribution in [2.45, 2.75) is 31.8 Å². The van der Waals surface area contributed by atoms with E-state index in [-0.39, 0.29) is 36.9 Å². The number of benzene rings is 2. The number of nitrogens with zero attached hydrogens (tertiary/aromatic N) is 2. The van der Waals surface area contributed by atoms with Gasteiger partial charge in [0.25, 0.3) is 11.8 Å². The van der Waals surface area contributed by atoms with Gasteiger partial charge in [0.15, 0.2) is 0 Å². The normalized spacial score (nSPS) is 20.4. The predicted molar refractivity (Wildman–Crippen MR) is 104 cm³/mol. The second-order valence-electron chi connectivity index (χ2n) is 7.14. The minimum absolute atomic E-state index is 0.0733. The molecule has 2 aliphatic rings. The van der Waals surface area contributed by atoms with Gasteiger partial charge >= 0.3 is 6.36 Å². The lowest BCUT2D eigenvalue weighted by molar-refractivity contribution is -0.274. The van der Waals surface area contributed by atoms with Gasteiger partial charge in [-0.25, -0.2) is 0 Å². The summed E-state index contributed by atoms with van der Waals surface area (Å²) in [6.07, 6.45) is -4.66. The minimum atomic E-state index is -4.83. The van der Waals surface area contributed by atoms with E-state index in [4.69, 9.17) is 0 Å². The third kappa shape index (κ3) is 3.37. The number of rotatable bonds is 4. The van der Waals surface area contributed by atoms with Crippen molar-refractivity contribution in [1.82, 2.24) is 4.90 Å². The second-order valence-corrected chi connectivity index (χ2v) is 7.14. The van der Waals surface area contributed by atoms with Crippen molar-refractivity contribution in [2.24, 2.45) is 0 Å². The van der Waals surface area contributed by atoms with Crippen LogP contribution in [0.3, 0.4) is 0 Å². The van der Waals surface area contributed by atoms with Crippen LogP contribution in [-0.2, 0) is 9.59 Å². The maximum absolute atomic E-state index is 13.4. The van der Waals surface area contributed by atoms with Crippen molar-refractivity contribution in [3.8, 4) is 5.75 Å². The lowest BCUT2D eigenvalue weighted by Gasteiger charge is -2.48. The molecule has 2 aromatic carbocycles. The number of carbonyl (C=O) groups excluding carboxylic acids is 3. The summed E-state index contributed by atoms with van der Waals surface area (Å²) in [4.78, 5) is 42.0. The third-order valence-electron chi connectivity index (χ3n) is 5.40. The third-order valence-corrected chi connectivity index (χ3v) is 5.40. The van der Waals surface area contributed by atoms with E-state index in [1.807, 2.05) is 0 Å². The minimum Gasteiger partial charge on any atom is -0.406 e. The van der Waals surface area contributed by atoms with Crippen LogP contribution in [0.15, 0.2) is 48.5 Å². The lowest BCUT2D eigenvalue weighted by atomic mass is 9.95. The molecule has 31 heavy (non-hydrogen) atoms. The number of nitrogens with one attached hydrogen (secondary N) is 1. The van der Waals surface area contributed by atoms with Gasteiger partial charge in [0.2, 0.25) is 11.6 Å². The molecule has 4 rings (SSSR count). The zero-order chi connectivity index (χ0) is 22.4. The van der Waals surface area contributed by atoms with Gasteiger partial charge < -0.3 is 15.0 Å². The summed E-state index contributed by atoms with van der Waals surface area (Å²) in [6, 6.07) is 11.2. The average Bonchev–Trinajstić information content (AvgIpc) is 3.07. The SMILES string of the molecule is CCN1C(=O)c2ccccc2N2C(=O)CC[C@]12C(=O)Nc1ccc(OC(F)(F)F)cc1. The lowest BCUT2D eigenvalue weighted by Crippen LogP contribution is -2.69. The van der Waals surface area contributed by atoms with Gasteiger partial charge in [0.05, 0.1) is 11.3 Å². The molecule has 0 aromatic heterocycles. The number of hydrogen-bond acceptors (Lipinski definition) is 4. The Morgan fingerprint density at radius 1 is 1.13 bits per heavy atom. The van der Waals surface area contributed by atoms with Crippen molar-refractivity contribution in [3.63, 3.8) is 0 Å². The van der Waals surface area contributed by atoms with Gasteiger partial charge in [0.1, 0.15) is 5.75 Å². The van der Waals surface area contributed by atoms with Gasteiger partial charge in [-0.15, -0.1) is 13.2 Å².